The number of rotatable bonds is 1. The summed E-state index contributed by atoms with van der Waals surface area (Å²) in [5.41, 5.74) is 0.0412. The smallest absolute Gasteiger partial charge is 0.223 e. The molecule has 0 bridgehead atoms. The quantitative estimate of drug-likeness (QED) is 0.702. The zero-order chi connectivity index (χ0) is 9.31. The largest absolute Gasteiger partial charge is 0.425 e. The molecule has 4 nitrogen and oxygen atoms in total. The van der Waals surface area contributed by atoms with Crippen LogP contribution in [-0.4, -0.2) is 23.3 Å². The SMILES string of the molecule is Cc1nnc([C@@]2(C)CCCNC2)o1. The molecule has 0 saturated carbocycles. The third-order valence-electron chi connectivity index (χ3n) is 2.64. The maximum atomic E-state index is 5.46. The molecular weight excluding hydrogens is 166 g/mol. The summed E-state index contributed by atoms with van der Waals surface area (Å²) in [5.74, 6) is 1.43. The highest BCUT2D eigenvalue weighted by molar-refractivity contribution is 5.04. The molecule has 1 aromatic rings. The fourth-order valence-corrected chi connectivity index (χ4v) is 1.78. The normalized spacial score (nSPS) is 29.1. The van der Waals surface area contributed by atoms with Crippen LogP contribution in [0.25, 0.3) is 0 Å². The van der Waals surface area contributed by atoms with Crippen molar-refractivity contribution in [3.63, 3.8) is 0 Å². The topological polar surface area (TPSA) is 51.0 Å². The van der Waals surface area contributed by atoms with Gasteiger partial charge in [0, 0.05) is 13.5 Å². The molecule has 0 spiro atoms. The van der Waals surface area contributed by atoms with Gasteiger partial charge in [-0.05, 0) is 26.3 Å². The predicted molar refractivity (Wildman–Crippen MR) is 48.5 cm³/mol. The van der Waals surface area contributed by atoms with Crippen molar-refractivity contribution in [2.45, 2.75) is 32.1 Å². The van der Waals surface area contributed by atoms with E-state index in [1.54, 1.807) is 0 Å². The Morgan fingerprint density at radius 1 is 1.46 bits per heavy atom. The van der Waals surface area contributed by atoms with E-state index >= 15 is 0 Å². The molecule has 2 rings (SSSR count). The van der Waals surface area contributed by atoms with Gasteiger partial charge in [0.1, 0.15) is 0 Å². The van der Waals surface area contributed by atoms with Gasteiger partial charge in [0.25, 0.3) is 0 Å². The first kappa shape index (κ1) is 8.69. The molecule has 1 saturated heterocycles. The number of aromatic nitrogens is 2. The molecule has 1 fully saturated rings. The van der Waals surface area contributed by atoms with Gasteiger partial charge in [0.2, 0.25) is 11.8 Å². The molecule has 1 N–H and O–H groups in total. The minimum absolute atomic E-state index is 0.0412. The summed E-state index contributed by atoms with van der Waals surface area (Å²) in [5, 5.41) is 11.3. The third kappa shape index (κ3) is 1.58. The van der Waals surface area contributed by atoms with Gasteiger partial charge in [-0.15, -0.1) is 10.2 Å². The first-order valence-corrected chi connectivity index (χ1v) is 4.72. The number of piperidine rings is 1. The lowest BCUT2D eigenvalue weighted by atomic mass is 9.83. The second-order valence-corrected chi connectivity index (χ2v) is 3.97. The summed E-state index contributed by atoms with van der Waals surface area (Å²) in [4.78, 5) is 0. The molecule has 0 amide bonds. The molecule has 0 aromatic carbocycles. The van der Waals surface area contributed by atoms with Gasteiger partial charge in [-0.25, -0.2) is 0 Å². The minimum atomic E-state index is 0.0412. The van der Waals surface area contributed by atoms with E-state index in [9.17, 15) is 0 Å². The second kappa shape index (κ2) is 3.10. The highest BCUT2D eigenvalue weighted by Gasteiger charge is 2.33. The van der Waals surface area contributed by atoms with Crippen molar-refractivity contribution >= 4 is 0 Å². The van der Waals surface area contributed by atoms with Gasteiger partial charge < -0.3 is 9.73 Å². The first-order valence-electron chi connectivity index (χ1n) is 4.72. The molecule has 13 heavy (non-hydrogen) atoms. The van der Waals surface area contributed by atoms with Gasteiger partial charge in [0.05, 0.1) is 5.41 Å². The van der Waals surface area contributed by atoms with Crippen molar-refractivity contribution in [1.82, 2.24) is 15.5 Å². The predicted octanol–water partition coefficient (Wildman–Crippen LogP) is 1.02. The van der Waals surface area contributed by atoms with E-state index in [1.807, 2.05) is 6.92 Å². The van der Waals surface area contributed by atoms with Crippen molar-refractivity contribution in [3.8, 4) is 0 Å². The monoisotopic (exact) mass is 181 g/mol. The highest BCUT2D eigenvalue weighted by Crippen LogP contribution is 2.29. The van der Waals surface area contributed by atoms with Crippen LogP contribution in [0.2, 0.25) is 0 Å². The fourth-order valence-electron chi connectivity index (χ4n) is 1.78. The summed E-state index contributed by atoms with van der Waals surface area (Å²) in [7, 11) is 0. The molecule has 1 atom stereocenters. The summed E-state index contributed by atoms with van der Waals surface area (Å²) in [6, 6.07) is 0. The average molecular weight is 181 g/mol. The molecule has 72 valence electrons. The molecule has 0 radical (unpaired) electrons. The van der Waals surface area contributed by atoms with Crippen LogP contribution in [0.15, 0.2) is 4.42 Å². The lowest BCUT2D eigenvalue weighted by Crippen LogP contribution is -2.41. The second-order valence-electron chi connectivity index (χ2n) is 3.97. The van der Waals surface area contributed by atoms with Crippen molar-refractivity contribution < 1.29 is 4.42 Å². The number of aryl methyl sites for hydroxylation is 1. The van der Waals surface area contributed by atoms with Crippen LogP contribution >= 0.6 is 0 Å². The van der Waals surface area contributed by atoms with Crippen LogP contribution in [0, 0.1) is 6.92 Å². The van der Waals surface area contributed by atoms with Crippen molar-refractivity contribution in [1.29, 1.82) is 0 Å². The maximum Gasteiger partial charge on any atom is 0.223 e. The van der Waals surface area contributed by atoms with Gasteiger partial charge >= 0.3 is 0 Å². The van der Waals surface area contributed by atoms with E-state index in [0.29, 0.717) is 5.89 Å². The van der Waals surface area contributed by atoms with Crippen LogP contribution in [-0.2, 0) is 5.41 Å². The Morgan fingerprint density at radius 2 is 2.31 bits per heavy atom. The summed E-state index contributed by atoms with van der Waals surface area (Å²) >= 11 is 0. The molecule has 1 aromatic heterocycles. The zero-order valence-corrected chi connectivity index (χ0v) is 8.13. The molecule has 1 aliphatic rings. The molecule has 0 unspecified atom stereocenters. The van der Waals surface area contributed by atoms with Crippen LogP contribution in [0.3, 0.4) is 0 Å². The molecular formula is C9H15N3O. The number of hydrogen-bond acceptors (Lipinski definition) is 4. The highest BCUT2D eigenvalue weighted by atomic mass is 16.4. The van der Waals surface area contributed by atoms with Gasteiger partial charge in [-0.3, -0.25) is 0 Å². The Balaban J connectivity index is 2.22. The number of nitrogens with zero attached hydrogens (tertiary/aromatic N) is 2. The van der Waals surface area contributed by atoms with Gasteiger partial charge in [-0.1, -0.05) is 0 Å². The van der Waals surface area contributed by atoms with E-state index in [-0.39, 0.29) is 5.41 Å². The Morgan fingerprint density at radius 3 is 2.85 bits per heavy atom. The van der Waals surface area contributed by atoms with Gasteiger partial charge in [0.15, 0.2) is 0 Å². The summed E-state index contributed by atoms with van der Waals surface area (Å²) in [6.45, 7) is 6.04. The Hall–Kier alpha value is -0.900. The van der Waals surface area contributed by atoms with E-state index in [1.165, 1.54) is 6.42 Å². The van der Waals surface area contributed by atoms with Gasteiger partial charge in [-0.2, -0.15) is 0 Å². The molecule has 0 aliphatic carbocycles. The average Bonchev–Trinajstić information content (AvgIpc) is 2.54. The van der Waals surface area contributed by atoms with Crippen LogP contribution in [0.1, 0.15) is 31.5 Å². The minimum Gasteiger partial charge on any atom is -0.425 e. The van der Waals surface area contributed by atoms with E-state index in [2.05, 4.69) is 22.4 Å². The van der Waals surface area contributed by atoms with E-state index < -0.39 is 0 Å². The van der Waals surface area contributed by atoms with Crippen molar-refractivity contribution in [2.75, 3.05) is 13.1 Å². The van der Waals surface area contributed by atoms with Crippen molar-refractivity contribution in [3.05, 3.63) is 11.8 Å². The Bertz CT molecular complexity index is 289. The molecule has 4 heteroatoms. The fraction of sp³-hybridized carbons (Fsp3) is 0.778. The zero-order valence-electron chi connectivity index (χ0n) is 8.13. The van der Waals surface area contributed by atoms with Crippen LogP contribution < -0.4 is 5.32 Å². The van der Waals surface area contributed by atoms with Crippen molar-refractivity contribution in [2.24, 2.45) is 0 Å². The number of nitrogens with one attached hydrogen (secondary N) is 1. The Labute approximate surface area is 77.7 Å². The molecule has 1 aliphatic heterocycles. The standard InChI is InChI=1S/C9H15N3O/c1-7-11-12-8(13-7)9(2)4-3-5-10-6-9/h10H,3-6H2,1-2H3/t9-/m0/s1. The maximum absolute atomic E-state index is 5.46. The van der Waals surface area contributed by atoms with Crippen LogP contribution in [0.4, 0.5) is 0 Å². The van der Waals surface area contributed by atoms with E-state index in [4.69, 9.17) is 4.42 Å². The third-order valence-corrected chi connectivity index (χ3v) is 2.64. The van der Waals surface area contributed by atoms with Crippen LogP contribution in [0.5, 0.6) is 0 Å². The lowest BCUT2D eigenvalue weighted by Gasteiger charge is -2.30. The first-order chi connectivity index (χ1) is 6.21. The number of hydrogen-bond donors (Lipinski definition) is 1. The van der Waals surface area contributed by atoms with E-state index in [0.717, 1.165) is 25.4 Å². The Kier molecular flexibility index (Phi) is 2.07. The summed E-state index contributed by atoms with van der Waals surface area (Å²) in [6.07, 6.45) is 2.31. The molecule has 2 heterocycles. The lowest BCUT2D eigenvalue weighted by molar-refractivity contribution is 0.269. The summed E-state index contributed by atoms with van der Waals surface area (Å²) < 4.78 is 5.46.